The van der Waals surface area contributed by atoms with E-state index in [1.54, 1.807) is 18.3 Å². The molecule has 5 nitrogen and oxygen atoms in total. The maximum absolute atomic E-state index is 13.5. The fourth-order valence-electron chi connectivity index (χ4n) is 2.54. The zero-order chi connectivity index (χ0) is 21.3. The third-order valence-electron chi connectivity index (χ3n) is 4.02. The minimum atomic E-state index is -0.782. The van der Waals surface area contributed by atoms with Crippen molar-refractivity contribution in [3.05, 3.63) is 83.8 Å². The van der Waals surface area contributed by atoms with Gasteiger partial charge in [-0.1, -0.05) is 0 Å². The van der Waals surface area contributed by atoms with E-state index in [1.807, 2.05) is 0 Å². The molecule has 156 valence electrons. The Labute approximate surface area is 171 Å². The quantitative estimate of drug-likeness (QED) is 0.511. The van der Waals surface area contributed by atoms with E-state index in [9.17, 15) is 18.0 Å². The summed E-state index contributed by atoms with van der Waals surface area (Å²) >= 11 is 0. The van der Waals surface area contributed by atoms with Crippen molar-refractivity contribution in [1.29, 1.82) is 0 Å². The van der Waals surface area contributed by atoms with Gasteiger partial charge in [0.25, 0.3) is 0 Å². The van der Waals surface area contributed by atoms with E-state index >= 15 is 0 Å². The highest BCUT2D eigenvalue weighted by Gasteiger charge is 2.07. The molecule has 0 unspecified atom stereocenters. The van der Waals surface area contributed by atoms with Gasteiger partial charge in [-0.25, -0.2) is 18.2 Å². The highest BCUT2D eigenvalue weighted by atomic mass is 19.1. The average Bonchev–Trinajstić information content (AvgIpc) is 2.73. The zero-order valence-corrected chi connectivity index (χ0v) is 15.9. The van der Waals surface area contributed by atoms with Crippen LogP contribution in [0.2, 0.25) is 0 Å². The number of carbonyl (C=O) groups excluding carboxylic acids is 1. The summed E-state index contributed by atoms with van der Waals surface area (Å²) in [5.41, 5.74) is 0.778. The summed E-state index contributed by atoms with van der Waals surface area (Å²) < 4.78 is 50.0. The second kappa shape index (κ2) is 10.3. The number of halogens is 3. The Morgan fingerprint density at radius 2 is 1.73 bits per heavy atom. The van der Waals surface area contributed by atoms with E-state index in [1.165, 1.54) is 30.3 Å². The summed E-state index contributed by atoms with van der Waals surface area (Å²) in [5, 5.41) is 2.76. The molecular formula is C22H19F3N2O3. The highest BCUT2D eigenvalue weighted by Crippen LogP contribution is 2.20. The molecule has 0 saturated heterocycles. The van der Waals surface area contributed by atoms with Crippen LogP contribution in [0, 0.1) is 17.5 Å². The number of carbonyl (C=O) groups is 1. The van der Waals surface area contributed by atoms with Crippen molar-refractivity contribution in [2.45, 2.75) is 19.4 Å². The summed E-state index contributed by atoms with van der Waals surface area (Å²) in [6.45, 7) is 0.398. The van der Waals surface area contributed by atoms with Crippen LogP contribution in [0.15, 0.2) is 60.8 Å². The molecule has 0 spiro atoms. The maximum atomic E-state index is 13.5. The monoisotopic (exact) mass is 416 g/mol. The van der Waals surface area contributed by atoms with Gasteiger partial charge in [0.1, 0.15) is 17.4 Å². The normalized spacial score (nSPS) is 10.5. The summed E-state index contributed by atoms with van der Waals surface area (Å²) in [5.74, 6) is -1.30. The van der Waals surface area contributed by atoms with Gasteiger partial charge in [-0.2, -0.15) is 0 Å². The van der Waals surface area contributed by atoms with E-state index in [0.717, 1.165) is 17.7 Å². The molecule has 0 aliphatic carbocycles. The van der Waals surface area contributed by atoms with Gasteiger partial charge in [-0.15, -0.1) is 0 Å². The first-order valence-electron chi connectivity index (χ1n) is 9.22. The van der Waals surface area contributed by atoms with Gasteiger partial charge in [-0.05, 0) is 54.4 Å². The number of nitrogens with zero attached hydrogens (tertiary/aromatic N) is 1. The number of hydrogen-bond acceptors (Lipinski definition) is 4. The van der Waals surface area contributed by atoms with Crippen molar-refractivity contribution < 1.29 is 27.4 Å². The number of pyridine rings is 1. The molecule has 1 amide bonds. The molecule has 3 rings (SSSR count). The first-order chi connectivity index (χ1) is 14.5. The molecule has 0 aliphatic heterocycles. The van der Waals surface area contributed by atoms with E-state index in [4.69, 9.17) is 9.47 Å². The number of benzene rings is 2. The van der Waals surface area contributed by atoms with Gasteiger partial charge < -0.3 is 14.8 Å². The molecule has 0 fully saturated rings. The number of aromatic nitrogens is 1. The van der Waals surface area contributed by atoms with Crippen molar-refractivity contribution in [2.24, 2.45) is 0 Å². The SMILES string of the molecule is O=C(CCCOc1ccc(F)cc1F)NCc1ccnc(Oc2ccc(F)cc2)c1. The van der Waals surface area contributed by atoms with Gasteiger partial charge in [0.05, 0.1) is 6.61 Å². The molecular weight excluding hydrogens is 397 g/mol. The van der Waals surface area contributed by atoms with Crippen LogP contribution in [0.25, 0.3) is 0 Å². The predicted molar refractivity (Wildman–Crippen MR) is 104 cm³/mol. The van der Waals surface area contributed by atoms with Gasteiger partial charge >= 0.3 is 0 Å². The molecule has 2 aromatic carbocycles. The Morgan fingerprint density at radius 3 is 2.50 bits per heavy atom. The summed E-state index contributed by atoms with van der Waals surface area (Å²) in [7, 11) is 0. The molecule has 8 heteroatoms. The van der Waals surface area contributed by atoms with Crippen LogP contribution in [0.1, 0.15) is 18.4 Å². The average molecular weight is 416 g/mol. The van der Waals surface area contributed by atoms with Crippen molar-refractivity contribution in [3.63, 3.8) is 0 Å². The van der Waals surface area contributed by atoms with Crippen molar-refractivity contribution in [1.82, 2.24) is 10.3 Å². The van der Waals surface area contributed by atoms with E-state index in [-0.39, 0.29) is 37.0 Å². The Bertz CT molecular complexity index is 997. The van der Waals surface area contributed by atoms with Gasteiger partial charge in [-0.3, -0.25) is 4.79 Å². The highest BCUT2D eigenvalue weighted by molar-refractivity contribution is 5.75. The summed E-state index contributed by atoms with van der Waals surface area (Å²) in [6.07, 6.45) is 2.11. The Morgan fingerprint density at radius 1 is 0.967 bits per heavy atom. The van der Waals surface area contributed by atoms with Gasteiger partial charge in [0.2, 0.25) is 11.8 Å². The number of rotatable bonds is 9. The molecule has 0 radical (unpaired) electrons. The second-order valence-electron chi connectivity index (χ2n) is 6.36. The van der Waals surface area contributed by atoms with E-state index in [0.29, 0.717) is 18.1 Å². The van der Waals surface area contributed by atoms with Gasteiger partial charge in [0.15, 0.2) is 11.6 Å². The minimum absolute atomic E-state index is 0.0534. The lowest BCUT2D eigenvalue weighted by molar-refractivity contribution is -0.121. The lowest BCUT2D eigenvalue weighted by Gasteiger charge is -2.09. The molecule has 1 heterocycles. The van der Waals surface area contributed by atoms with Crippen LogP contribution in [-0.2, 0) is 11.3 Å². The Balaban J connectivity index is 1.40. The first-order valence-corrected chi connectivity index (χ1v) is 9.22. The number of amides is 1. The van der Waals surface area contributed by atoms with E-state index < -0.39 is 11.6 Å². The van der Waals surface area contributed by atoms with Crippen LogP contribution >= 0.6 is 0 Å². The topological polar surface area (TPSA) is 60.5 Å². The van der Waals surface area contributed by atoms with Crippen molar-refractivity contribution in [2.75, 3.05) is 6.61 Å². The molecule has 3 aromatic rings. The molecule has 1 aromatic heterocycles. The summed E-state index contributed by atoms with van der Waals surface area (Å²) in [6, 6.07) is 12.0. The van der Waals surface area contributed by atoms with Crippen molar-refractivity contribution in [3.8, 4) is 17.4 Å². The minimum Gasteiger partial charge on any atom is -0.491 e. The zero-order valence-electron chi connectivity index (χ0n) is 15.9. The standard InChI is InChI=1S/C22H19F3N2O3/c23-16-3-6-18(7-4-16)30-22-12-15(9-10-26-22)14-27-21(28)2-1-11-29-20-8-5-17(24)13-19(20)25/h3-10,12-13H,1-2,11,14H2,(H,27,28). The third kappa shape index (κ3) is 6.51. The molecule has 0 atom stereocenters. The summed E-state index contributed by atoms with van der Waals surface area (Å²) in [4.78, 5) is 16.1. The maximum Gasteiger partial charge on any atom is 0.220 e. The van der Waals surface area contributed by atoms with E-state index in [2.05, 4.69) is 10.3 Å². The van der Waals surface area contributed by atoms with Crippen LogP contribution in [0.5, 0.6) is 17.4 Å². The molecule has 0 bridgehead atoms. The number of hydrogen-bond donors (Lipinski definition) is 1. The predicted octanol–water partition coefficient (Wildman–Crippen LogP) is 4.77. The fraction of sp³-hybridized carbons (Fsp3) is 0.182. The van der Waals surface area contributed by atoms with Crippen LogP contribution in [0.4, 0.5) is 13.2 Å². The van der Waals surface area contributed by atoms with Crippen LogP contribution in [-0.4, -0.2) is 17.5 Å². The molecule has 30 heavy (non-hydrogen) atoms. The van der Waals surface area contributed by atoms with Crippen LogP contribution in [0.3, 0.4) is 0 Å². The van der Waals surface area contributed by atoms with Crippen LogP contribution < -0.4 is 14.8 Å². The molecule has 1 N–H and O–H groups in total. The van der Waals surface area contributed by atoms with Gasteiger partial charge in [0, 0.05) is 31.3 Å². The Hall–Kier alpha value is -3.55. The Kier molecular flexibility index (Phi) is 7.26. The largest absolute Gasteiger partial charge is 0.491 e. The lowest BCUT2D eigenvalue weighted by Crippen LogP contribution is -2.23. The van der Waals surface area contributed by atoms with Crippen molar-refractivity contribution >= 4 is 5.91 Å². The molecule has 0 aliphatic rings. The molecule has 0 saturated carbocycles. The number of ether oxygens (including phenoxy) is 2. The smallest absolute Gasteiger partial charge is 0.220 e. The number of nitrogens with one attached hydrogen (secondary N) is 1. The third-order valence-corrected chi connectivity index (χ3v) is 4.02. The first kappa shape index (κ1) is 21.2. The fourth-order valence-corrected chi connectivity index (χ4v) is 2.54. The second-order valence-corrected chi connectivity index (χ2v) is 6.36. The lowest BCUT2D eigenvalue weighted by atomic mass is 10.2.